The Bertz CT molecular complexity index is 267. The van der Waals surface area contributed by atoms with Crippen molar-refractivity contribution in [2.45, 2.75) is 31.1 Å². The van der Waals surface area contributed by atoms with Crippen molar-refractivity contribution < 1.29 is 14.3 Å². The summed E-state index contributed by atoms with van der Waals surface area (Å²) in [6.07, 6.45) is 2.20. The third-order valence-corrected chi connectivity index (χ3v) is 4.04. The Morgan fingerprint density at radius 3 is 2.71 bits per heavy atom. The fourth-order valence-corrected chi connectivity index (χ4v) is 2.71. The number of nitrogens with one attached hydrogen (secondary N) is 2. The Kier molecular flexibility index (Phi) is 6.36. The van der Waals surface area contributed by atoms with Crippen LogP contribution in [0.4, 0.5) is 0 Å². The highest BCUT2D eigenvalue weighted by Crippen LogP contribution is 2.19. The second-order valence-corrected chi connectivity index (χ2v) is 5.36. The van der Waals surface area contributed by atoms with Crippen LogP contribution < -0.4 is 10.6 Å². The zero-order chi connectivity index (χ0) is 12.7. The predicted octanol–water partition coefficient (Wildman–Crippen LogP) is 0.149. The van der Waals surface area contributed by atoms with Crippen LogP contribution in [0.15, 0.2) is 0 Å². The number of esters is 1. The zero-order valence-electron chi connectivity index (χ0n) is 10.3. The van der Waals surface area contributed by atoms with Gasteiger partial charge in [-0.15, -0.1) is 11.8 Å². The number of thioether (sulfide) groups is 1. The fourth-order valence-electron chi connectivity index (χ4n) is 1.67. The van der Waals surface area contributed by atoms with Crippen LogP contribution in [0, 0.1) is 0 Å². The van der Waals surface area contributed by atoms with Gasteiger partial charge in [-0.1, -0.05) is 0 Å². The highest BCUT2D eigenvalue weighted by molar-refractivity contribution is 8.00. The summed E-state index contributed by atoms with van der Waals surface area (Å²) in [4.78, 5) is 22.7. The van der Waals surface area contributed by atoms with Gasteiger partial charge >= 0.3 is 5.97 Å². The van der Waals surface area contributed by atoms with Crippen LogP contribution in [0.1, 0.15) is 19.8 Å². The van der Waals surface area contributed by atoms with Crippen molar-refractivity contribution in [1.29, 1.82) is 0 Å². The number of amides is 1. The quantitative estimate of drug-likeness (QED) is 0.689. The minimum absolute atomic E-state index is 0.105. The molecular formula is C11H20N2O3S. The molecule has 1 amide bonds. The molecule has 6 heteroatoms. The van der Waals surface area contributed by atoms with Gasteiger partial charge in [-0.2, -0.15) is 0 Å². The second-order valence-electron chi connectivity index (χ2n) is 4.07. The first-order valence-corrected chi connectivity index (χ1v) is 6.88. The molecule has 2 N–H and O–H groups in total. The molecule has 0 radical (unpaired) electrons. The molecule has 1 aliphatic rings. The van der Waals surface area contributed by atoms with Gasteiger partial charge in [-0.3, -0.25) is 4.79 Å². The van der Waals surface area contributed by atoms with Gasteiger partial charge in [-0.25, -0.2) is 4.79 Å². The van der Waals surface area contributed by atoms with Gasteiger partial charge in [0.25, 0.3) is 0 Å². The fraction of sp³-hybridized carbons (Fsp3) is 0.818. The molecule has 0 saturated carbocycles. The molecule has 0 aromatic carbocycles. The van der Waals surface area contributed by atoms with Gasteiger partial charge in [0.2, 0.25) is 5.91 Å². The molecule has 1 fully saturated rings. The van der Waals surface area contributed by atoms with Crippen LogP contribution >= 0.6 is 11.8 Å². The van der Waals surface area contributed by atoms with Crippen molar-refractivity contribution in [1.82, 2.24) is 10.6 Å². The third-order valence-electron chi connectivity index (χ3n) is 2.67. The summed E-state index contributed by atoms with van der Waals surface area (Å²) in [5.41, 5.74) is 0. The molecule has 0 bridgehead atoms. The average molecular weight is 260 g/mol. The maximum atomic E-state index is 11.6. The minimum atomic E-state index is -0.568. The van der Waals surface area contributed by atoms with Crippen LogP contribution in [-0.4, -0.2) is 49.1 Å². The van der Waals surface area contributed by atoms with E-state index in [0.29, 0.717) is 11.0 Å². The lowest BCUT2D eigenvalue weighted by Crippen LogP contribution is -2.40. The lowest BCUT2D eigenvalue weighted by atomic mass is 10.2. The number of ether oxygens (including phenoxy) is 1. The van der Waals surface area contributed by atoms with E-state index in [1.54, 1.807) is 18.7 Å². The summed E-state index contributed by atoms with van der Waals surface area (Å²) < 4.78 is 4.54. The molecule has 0 aromatic rings. The van der Waals surface area contributed by atoms with Gasteiger partial charge in [0.1, 0.15) is 6.04 Å². The van der Waals surface area contributed by atoms with Crippen molar-refractivity contribution in [2.75, 3.05) is 26.0 Å². The Hall–Kier alpha value is -0.750. The molecule has 1 heterocycles. The van der Waals surface area contributed by atoms with Crippen LogP contribution in [0.5, 0.6) is 0 Å². The maximum absolute atomic E-state index is 11.6. The SMILES string of the molecule is COC(=O)C(C)NC(=O)CSC1CCNCC1. The van der Waals surface area contributed by atoms with E-state index in [9.17, 15) is 9.59 Å². The van der Waals surface area contributed by atoms with Crippen molar-refractivity contribution in [3.63, 3.8) is 0 Å². The molecule has 1 unspecified atom stereocenters. The van der Waals surface area contributed by atoms with Gasteiger partial charge in [0.15, 0.2) is 0 Å². The Balaban J connectivity index is 2.18. The topological polar surface area (TPSA) is 67.4 Å². The molecule has 0 aliphatic carbocycles. The number of hydrogen-bond donors (Lipinski definition) is 2. The van der Waals surface area contributed by atoms with Crippen LogP contribution in [-0.2, 0) is 14.3 Å². The summed E-state index contributed by atoms with van der Waals surface area (Å²) in [5, 5.41) is 6.45. The van der Waals surface area contributed by atoms with E-state index in [2.05, 4.69) is 15.4 Å². The van der Waals surface area contributed by atoms with Gasteiger partial charge in [-0.05, 0) is 32.9 Å². The summed E-state index contributed by atoms with van der Waals surface area (Å²) in [6, 6.07) is -0.568. The molecule has 0 aromatic heterocycles. The minimum Gasteiger partial charge on any atom is -0.467 e. The number of methoxy groups -OCH3 is 1. The van der Waals surface area contributed by atoms with E-state index in [1.807, 2.05) is 0 Å². The highest BCUT2D eigenvalue weighted by atomic mass is 32.2. The summed E-state index contributed by atoms with van der Waals surface area (Å²) in [7, 11) is 1.31. The molecule has 0 spiro atoms. The normalized spacial score (nSPS) is 18.5. The van der Waals surface area contributed by atoms with Crippen molar-refractivity contribution in [3.8, 4) is 0 Å². The van der Waals surface area contributed by atoms with E-state index in [0.717, 1.165) is 25.9 Å². The first-order chi connectivity index (χ1) is 8.13. The number of carbonyl (C=O) groups is 2. The second kappa shape index (κ2) is 7.55. The molecular weight excluding hydrogens is 240 g/mol. The summed E-state index contributed by atoms with van der Waals surface area (Å²) in [5.74, 6) is -0.108. The number of rotatable bonds is 5. The Morgan fingerprint density at radius 2 is 2.12 bits per heavy atom. The zero-order valence-corrected chi connectivity index (χ0v) is 11.1. The largest absolute Gasteiger partial charge is 0.467 e. The van der Waals surface area contributed by atoms with Crippen LogP contribution in [0.2, 0.25) is 0 Å². The summed E-state index contributed by atoms with van der Waals surface area (Å²) in [6.45, 7) is 3.68. The maximum Gasteiger partial charge on any atom is 0.328 e. The molecule has 5 nitrogen and oxygen atoms in total. The van der Waals surface area contributed by atoms with E-state index >= 15 is 0 Å². The molecule has 1 aliphatic heterocycles. The monoisotopic (exact) mass is 260 g/mol. The van der Waals surface area contributed by atoms with Crippen LogP contribution in [0.3, 0.4) is 0 Å². The molecule has 1 rings (SSSR count). The van der Waals surface area contributed by atoms with Gasteiger partial charge in [0, 0.05) is 5.25 Å². The number of carbonyl (C=O) groups excluding carboxylic acids is 2. The smallest absolute Gasteiger partial charge is 0.328 e. The molecule has 17 heavy (non-hydrogen) atoms. The average Bonchev–Trinajstić information content (AvgIpc) is 2.36. The lowest BCUT2D eigenvalue weighted by molar-refractivity contribution is -0.144. The lowest BCUT2D eigenvalue weighted by Gasteiger charge is -2.22. The summed E-state index contributed by atoms with van der Waals surface area (Å²) >= 11 is 1.66. The standard InChI is InChI=1S/C11H20N2O3S/c1-8(11(15)16-2)13-10(14)7-17-9-3-5-12-6-4-9/h8-9,12H,3-7H2,1-2H3,(H,13,14). The van der Waals surface area contributed by atoms with E-state index < -0.39 is 12.0 Å². The first kappa shape index (κ1) is 14.3. The molecule has 98 valence electrons. The van der Waals surface area contributed by atoms with Crippen molar-refractivity contribution in [3.05, 3.63) is 0 Å². The Morgan fingerprint density at radius 1 is 1.47 bits per heavy atom. The highest BCUT2D eigenvalue weighted by Gasteiger charge is 2.18. The van der Waals surface area contributed by atoms with E-state index in [4.69, 9.17) is 0 Å². The Labute approximate surface area is 106 Å². The van der Waals surface area contributed by atoms with Crippen LogP contribution in [0.25, 0.3) is 0 Å². The molecule has 1 saturated heterocycles. The first-order valence-electron chi connectivity index (χ1n) is 5.83. The predicted molar refractivity (Wildman–Crippen MR) is 68.0 cm³/mol. The van der Waals surface area contributed by atoms with E-state index in [1.165, 1.54) is 7.11 Å². The van der Waals surface area contributed by atoms with Crippen molar-refractivity contribution >= 4 is 23.6 Å². The molecule has 1 atom stereocenters. The van der Waals surface area contributed by atoms with Gasteiger partial charge < -0.3 is 15.4 Å². The van der Waals surface area contributed by atoms with Crippen molar-refractivity contribution in [2.24, 2.45) is 0 Å². The van der Waals surface area contributed by atoms with Gasteiger partial charge in [0.05, 0.1) is 12.9 Å². The number of piperidine rings is 1. The van der Waals surface area contributed by atoms with E-state index in [-0.39, 0.29) is 5.91 Å². The third kappa shape index (κ3) is 5.41. The number of hydrogen-bond acceptors (Lipinski definition) is 5.